The minimum atomic E-state index is -0.0730. The van der Waals surface area contributed by atoms with Gasteiger partial charge < -0.3 is 15.8 Å². The fraction of sp³-hybridized carbons (Fsp3) is 0.562. The summed E-state index contributed by atoms with van der Waals surface area (Å²) in [6, 6.07) is 8.08. The molecule has 1 aromatic rings. The zero-order chi connectivity index (χ0) is 15.4. The molecule has 20 heavy (non-hydrogen) atoms. The number of ether oxygens (including phenoxy) is 1. The smallest absolute Gasteiger partial charge is 0.189 e. The number of hydrogen-bond donors (Lipinski definition) is 2. The Hall–Kier alpha value is -1.71. The molecule has 0 spiro atoms. The maximum atomic E-state index is 5.91. The zero-order valence-electron chi connectivity index (χ0n) is 13.4. The molecule has 0 amide bonds. The third-order valence-corrected chi connectivity index (χ3v) is 3.02. The lowest BCUT2D eigenvalue weighted by molar-refractivity contribution is 0.414. The molecule has 0 aliphatic carbocycles. The van der Waals surface area contributed by atoms with Crippen molar-refractivity contribution in [3.8, 4) is 5.75 Å². The monoisotopic (exact) mass is 277 g/mol. The van der Waals surface area contributed by atoms with Gasteiger partial charge in [-0.15, -0.1) is 0 Å². The van der Waals surface area contributed by atoms with Gasteiger partial charge in [0, 0.05) is 11.0 Å². The van der Waals surface area contributed by atoms with E-state index in [2.05, 4.69) is 57.1 Å². The first-order chi connectivity index (χ1) is 9.14. The first kappa shape index (κ1) is 16.3. The van der Waals surface area contributed by atoms with Gasteiger partial charge in [0.25, 0.3) is 0 Å². The maximum Gasteiger partial charge on any atom is 0.189 e. The van der Waals surface area contributed by atoms with Crippen LogP contribution < -0.4 is 15.8 Å². The van der Waals surface area contributed by atoms with Crippen LogP contribution in [0.2, 0.25) is 0 Å². The molecule has 1 aromatic carbocycles. The lowest BCUT2D eigenvalue weighted by Crippen LogP contribution is -2.45. The van der Waals surface area contributed by atoms with Gasteiger partial charge in [-0.3, -0.25) is 4.99 Å². The number of aliphatic imine (C=N–C) groups is 1. The van der Waals surface area contributed by atoms with E-state index in [4.69, 9.17) is 10.5 Å². The Bertz CT molecular complexity index is 456. The molecule has 0 saturated carbocycles. The van der Waals surface area contributed by atoms with Crippen molar-refractivity contribution in [1.82, 2.24) is 5.32 Å². The van der Waals surface area contributed by atoms with Crippen LogP contribution in [-0.2, 0) is 5.41 Å². The summed E-state index contributed by atoms with van der Waals surface area (Å²) in [5.41, 5.74) is 6.98. The van der Waals surface area contributed by atoms with Gasteiger partial charge in [0.1, 0.15) is 5.75 Å². The van der Waals surface area contributed by atoms with E-state index in [1.807, 2.05) is 12.1 Å². The second kappa shape index (κ2) is 6.16. The van der Waals surface area contributed by atoms with Crippen LogP contribution in [0.25, 0.3) is 0 Å². The van der Waals surface area contributed by atoms with Gasteiger partial charge in [0.05, 0.1) is 13.7 Å². The van der Waals surface area contributed by atoms with E-state index >= 15 is 0 Å². The summed E-state index contributed by atoms with van der Waals surface area (Å²) in [4.78, 5) is 4.45. The highest BCUT2D eigenvalue weighted by Crippen LogP contribution is 2.25. The highest BCUT2D eigenvalue weighted by molar-refractivity contribution is 5.78. The number of methoxy groups -OCH3 is 1. The van der Waals surface area contributed by atoms with Crippen LogP contribution >= 0.6 is 0 Å². The molecule has 0 radical (unpaired) electrons. The van der Waals surface area contributed by atoms with Gasteiger partial charge >= 0.3 is 0 Å². The average Bonchev–Trinajstić information content (AvgIpc) is 2.35. The Balaban J connectivity index is 2.75. The van der Waals surface area contributed by atoms with Crippen molar-refractivity contribution in [2.45, 2.75) is 45.6 Å². The summed E-state index contributed by atoms with van der Waals surface area (Å²) in [5.74, 6) is 1.35. The molecule has 0 aliphatic heterocycles. The van der Waals surface area contributed by atoms with Gasteiger partial charge in [-0.1, -0.05) is 26.0 Å². The number of rotatable bonds is 4. The van der Waals surface area contributed by atoms with Crippen LogP contribution in [0.4, 0.5) is 0 Å². The van der Waals surface area contributed by atoms with Crippen LogP contribution in [-0.4, -0.2) is 25.2 Å². The van der Waals surface area contributed by atoms with Crippen molar-refractivity contribution >= 4 is 5.96 Å². The second-order valence-corrected chi connectivity index (χ2v) is 6.69. The van der Waals surface area contributed by atoms with Gasteiger partial charge in [0.2, 0.25) is 0 Å². The quantitative estimate of drug-likeness (QED) is 0.657. The topological polar surface area (TPSA) is 59.6 Å². The number of nitrogens with two attached hydrogens (primary N) is 1. The van der Waals surface area contributed by atoms with Crippen molar-refractivity contribution in [3.05, 3.63) is 29.8 Å². The predicted octanol–water partition coefficient (Wildman–Crippen LogP) is 2.68. The summed E-state index contributed by atoms with van der Waals surface area (Å²) >= 11 is 0. The third-order valence-electron chi connectivity index (χ3n) is 3.02. The Labute approximate surface area is 122 Å². The third kappa shape index (κ3) is 5.11. The van der Waals surface area contributed by atoms with Crippen LogP contribution in [0, 0.1) is 0 Å². The van der Waals surface area contributed by atoms with E-state index in [9.17, 15) is 0 Å². The molecular formula is C16H27N3O. The fourth-order valence-corrected chi connectivity index (χ4v) is 1.84. The van der Waals surface area contributed by atoms with E-state index in [0.29, 0.717) is 12.5 Å². The molecular weight excluding hydrogens is 250 g/mol. The van der Waals surface area contributed by atoms with Crippen LogP contribution in [0.15, 0.2) is 29.3 Å². The number of guanidine groups is 1. The van der Waals surface area contributed by atoms with E-state index in [-0.39, 0.29) is 11.0 Å². The van der Waals surface area contributed by atoms with Crippen LogP contribution in [0.1, 0.15) is 40.2 Å². The summed E-state index contributed by atoms with van der Waals surface area (Å²) in [6.07, 6.45) is 0. The SMILES string of the molecule is COc1ccc(C(C)(C)CN=C(N)NC(C)(C)C)cc1. The number of nitrogens with zero attached hydrogens (tertiary/aromatic N) is 1. The minimum absolute atomic E-state index is 0.0716. The maximum absolute atomic E-state index is 5.91. The second-order valence-electron chi connectivity index (χ2n) is 6.69. The first-order valence-electron chi connectivity index (χ1n) is 6.87. The molecule has 0 saturated heterocycles. The Kier molecular flexibility index (Phi) is 5.03. The summed E-state index contributed by atoms with van der Waals surface area (Å²) in [7, 11) is 1.67. The number of nitrogens with one attached hydrogen (secondary N) is 1. The van der Waals surface area contributed by atoms with E-state index < -0.39 is 0 Å². The van der Waals surface area contributed by atoms with E-state index in [1.165, 1.54) is 5.56 Å². The lowest BCUT2D eigenvalue weighted by Gasteiger charge is -2.25. The van der Waals surface area contributed by atoms with Gasteiger partial charge in [-0.05, 0) is 38.5 Å². The number of benzene rings is 1. The largest absolute Gasteiger partial charge is 0.497 e. The standard InChI is InChI=1S/C16H27N3O/c1-15(2,3)19-14(17)18-11-16(4,5)12-7-9-13(20-6)10-8-12/h7-10H,11H2,1-6H3,(H3,17,18,19). The molecule has 4 heteroatoms. The summed E-state index contributed by atoms with van der Waals surface area (Å²) in [6.45, 7) is 11.1. The molecule has 0 fully saturated rings. The molecule has 0 heterocycles. The number of hydrogen-bond acceptors (Lipinski definition) is 2. The van der Waals surface area contributed by atoms with Gasteiger partial charge in [0.15, 0.2) is 5.96 Å². The molecule has 0 aliphatic rings. The van der Waals surface area contributed by atoms with E-state index in [1.54, 1.807) is 7.11 Å². The molecule has 3 N–H and O–H groups in total. The Morgan fingerprint density at radius 1 is 1.15 bits per heavy atom. The molecule has 1 rings (SSSR count). The Morgan fingerprint density at radius 3 is 2.15 bits per heavy atom. The molecule has 0 aromatic heterocycles. The minimum Gasteiger partial charge on any atom is -0.497 e. The normalized spacial score (nSPS) is 13.2. The molecule has 0 unspecified atom stereocenters. The summed E-state index contributed by atoms with van der Waals surface area (Å²) < 4.78 is 5.18. The summed E-state index contributed by atoms with van der Waals surface area (Å²) in [5, 5.41) is 3.17. The molecule has 112 valence electrons. The average molecular weight is 277 g/mol. The van der Waals surface area contributed by atoms with Crippen LogP contribution in [0.3, 0.4) is 0 Å². The van der Waals surface area contributed by atoms with Crippen molar-refractivity contribution in [1.29, 1.82) is 0 Å². The van der Waals surface area contributed by atoms with Crippen molar-refractivity contribution in [2.75, 3.05) is 13.7 Å². The highest BCUT2D eigenvalue weighted by Gasteiger charge is 2.20. The van der Waals surface area contributed by atoms with Crippen molar-refractivity contribution < 1.29 is 4.74 Å². The predicted molar refractivity (Wildman–Crippen MR) is 85.4 cm³/mol. The van der Waals surface area contributed by atoms with Gasteiger partial charge in [-0.25, -0.2) is 0 Å². The highest BCUT2D eigenvalue weighted by atomic mass is 16.5. The van der Waals surface area contributed by atoms with Crippen LogP contribution in [0.5, 0.6) is 5.75 Å². The molecule has 0 atom stereocenters. The lowest BCUT2D eigenvalue weighted by atomic mass is 9.85. The zero-order valence-corrected chi connectivity index (χ0v) is 13.4. The first-order valence-corrected chi connectivity index (χ1v) is 6.87. The van der Waals surface area contributed by atoms with Crippen molar-refractivity contribution in [3.63, 3.8) is 0 Å². The Morgan fingerprint density at radius 2 is 1.70 bits per heavy atom. The molecule has 4 nitrogen and oxygen atoms in total. The van der Waals surface area contributed by atoms with Crippen molar-refractivity contribution in [2.24, 2.45) is 10.7 Å². The van der Waals surface area contributed by atoms with E-state index in [0.717, 1.165) is 5.75 Å². The molecule has 0 bridgehead atoms. The van der Waals surface area contributed by atoms with Gasteiger partial charge in [-0.2, -0.15) is 0 Å². The fourth-order valence-electron chi connectivity index (χ4n) is 1.84.